The first-order valence-electron chi connectivity index (χ1n) is 6.75. The van der Waals surface area contributed by atoms with Crippen molar-refractivity contribution in [3.63, 3.8) is 0 Å². The highest BCUT2D eigenvalue weighted by Gasteiger charge is 2.43. The molecule has 3 amide bonds. The summed E-state index contributed by atoms with van der Waals surface area (Å²) in [4.78, 5) is 38.0. The van der Waals surface area contributed by atoms with Crippen LogP contribution in [-0.2, 0) is 14.3 Å². The highest BCUT2D eigenvalue weighted by atomic mass is 16.5. The first-order valence-corrected chi connectivity index (χ1v) is 6.75. The van der Waals surface area contributed by atoms with E-state index in [0.717, 1.165) is 6.54 Å². The van der Waals surface area contributed by atoms with E-state index in [9.17, 15) is 14.4 Å². The normalized spacial score (nSPS) is 17.6. The number of hydrogen-bond donors (Lipinski definition) is 1. The molecule has 1 saturated heterocycles. The van der Waals surface area contributed by atoms with Gasteiger partial charge < -0.3 is 15.0 Å². The van der Waals surface area contributed by atoms with Crippen LogP contribution >= 0.6 is 0 Å². The van der Waals surface area contributed by atoms with Gasteiger partial charge in [-0.15, -0.1) is 0 Å². The first kappa shape index (κ1) is 16.4. The van der Waals surface area contributed by atoms with E-state index in [1.807, 2.05) is 11.8 Å². The molecule has 0 bridgehead atoms. The molecule has 0 saturated carbocycles. The third-order valence-electron chi connectivity index (χ3n) is 3.39. The largest absolute Gasteiger partial charge is 0.469 e. The van der Waals surface area contributed by atoms with Gasteiger partial charge in [0.05, 0.1) is 13.5 Å². The van der Waals surface area contributed by atoms with Gasteiger partial charge in [0.15, 0.2) is 0 Å². The molecule has 20 heavy (non-hydrogen) atoms. The molecule has 114 valence electrons. The number of amides is 3. The fraction of sp³-hybridized carbons (Fsp3) is 0.769. The summed E-state index contributed by atoms with van der Waals surface area (Å²) in [5.74, 6) is -0.480. The van der Waals surface area contributed by atoms with Crippen LogP contribution in [-0.4, -0.2) is 66.5 Å². The second-order valence-corrected chi connectivity index (χ2v) is 5.27. The van der Waals surface area contributed by atoms with Crippen LogP contribution in [0.1, 0.15) is 27.2 Å². The van der Waals surface area contributed by atoms with Crippen molar-refractivity contribution in [3.8, 4) is 0 Å². The predicted molar refractivity (Wildman–Crippen MR) is 73.1 cm³/mol. The summed E-state index contributed by atoms with van der Waals surface area (Å²) in [5.41, 5.74) is -0.833. The number of nitrogens with zero attached hydrogens (tertiary/aromatic N) is 2. The van der Waals surface area contributed by atoms with Crippen molar-refractivity contribution in [2.75, 3.05) is 33.3 Å². The van der Waals surface area contributed by atoms with E-state index in [1.165, 1.54) is 12.0 Å². The lowest BCUT2D eigenvalue weighted by Gasteiger charge is -2.22. The SMILES string of the molecule is CCN(CCC(=O)OC)CCN1C(=O)NC(C)(C)C1=O. The van der Waals surface area contributed by atoms with Gasteiger partial charge in [-0.05, 0) is 20.4 Å². The second kappa shape index (κ2) is 6.69. The first-order chi connectivity index (χ1) is 9.31. The molecule has 0 radical (unpaired) electrons. The third-order valence-corrected chi connectivity index (χ3v) is 3.39. The van der Waals surface area contributed by atoms with Crippen molar-refractivity contribution >= 4 is 17.9 Å². The van der Waals surface area contributed by atoms with Gasteiger partial charge >= 0.3 is 12.0 Å². The lowest BCUT2D eigenvalue weighted by atomic mass is 10.1. The summed E-state index contributed by atoms with van der Waals surface area (Å²) in [6.07, 6.45) is 0.302. The van der Waals surface area contributed by atoms with E-state index in [1.54, 1.807) is 13.8 Å². The number of carbonyl (C=O) groups is 3. The maximum atomic E-state index is 12.0. The third kappa shape index (κ3) is 3.93. The minimum absolute atomic E-state index is 0.216. The van der Waals surface area contributed by atoms with Crippen molar-refractivity contribution in [1.29, 1.82) is 0 Å². The minimum Gasteiger partial charge on any atom is -0.469 e. The molecule has 1 aliphatic heterocycles. The molecular formula is C13H23N3O4. The predicted octanol–water partition coefficient (Wildman–Crippen LogP) is 0.202. The van der Waals surface area contributed by atoms with Gasteiger partial charge in [0.2, 0.25) is 0 Å². The van der Waals surface area contributed by atoms with Crippen LogP contribution in [0, 0.1) is 0 Å². The van der Waals surface area contributed by atoms with Gasteiger partial charge in [0.25, 0.3) is 5.91 Å². The van der Waals surface area contributed by atoms with E-state index < -0.39 is 5.54 Å². The Kier molecular flexibility index (Phi) is 5.50. The number of ether oxygens (including phenoxy) is 1. The average molecular weight is 285 g/mol. The molecule has 1 rings (SSSR count). The number of likely N-dealkylation sites (N-methyl/N-ethyl adjacent to an activating group) is 1. The molecule has 7 heteroatoms. The highest BCUT2D eigenvalue weighted by Crippen LogP contribution is 2.16. The van der Waals surface area contributed by atoms with Crippen molar-refractivity contribution < 1.29 is 19.1 Å². The van der Waals surface area contributed by atoms with E-state index in [4.69, 9.17) is 0 Å². The van der Waals surface area contributed by atoms with Crippen molar-refractivity contribution in [2.45, 2.75) is 32.7 Å². The van der Waals surface area contributed by atoms with Crippen LogP contribution in [0.15, 0.2) is 0 Å². The zero-order valence-corrected chi connectivity index (χ0v) is 12.6. The van der Waals surface area contributed by atoms with E-state index in [0.29, 0.717) is 26.1 Å². The second-order valence-electron chi connectivity index (χ2n) is 5.27. The van der Waals surface area contributed by atoms with Crippen LogP contribution in [0.5, 0.6) is 0 Å². The van der Waals surface area contributed by atoms with Crippen molar-refractivity contribution in [3.05, 3.63) is 0 Å². The van der Waals surface area contributed by atoms with E-state index in [2.05, 4.69) is 10.1 Å². The van der Waals surface area contributed by atoms with Crippen molar-refractivity contribution in [2.24, 2.45) is 0 Å². The lowest BCUT2D eigenvalue weighted by Crippen LogP contribution is -2.42. The fourth-order valence-corrected chi connectivity index (χ4v) is 2.04. The molecule has 0 aromatic rings. The standard InChI is InChI=1S/C13H23N3O4/c1-5-15(7-6-10(17)20-4)8-9-16-11(18)13(2,3)14-12(16)19/h5-9H2,1-4H3,(H,14,19). The maximum absolute atomic E-state index is 12.0. The summed E-state index contributed by atoms with van der Waals surface area (Å²) >= 11 is 0. The molecule has 1 heterocycles. The molecule has 0 aromatic heterocycles. The number of urea groups is 1. The number of imide groups is 1. The Morgan fingerprint density at radius 1 is 1.35 bits per heavy atom. The Morgan fingerprint density at radius 2 is 2.00 bits per heavy atom. The van der Waals surface area contributed by atoms with Gasteiger partial charge in [0.1, 0.15) is 5.54 Å². The Balaban J connectivity index is 2.46. The molecule has 1 N–H and O–H groups in total. The molecule has 1 fully saturated rings. The van der Waals surface area contributed by atoms with Crippen LogP contribution < -0.4 is 5.32 Å². The Morgan fingerprint density at radius 3 is 2.45 bits per heavy atom. The lowest BCUT2D eigenvalue weighted by molar-refractivity contribution is -0.141. The molecule has 1 aliphatic rings. The van der Waals surface area contributed by atoms with E-state index in [-0.39, 0.29) is 17.9 Å². The van der Waals surface area contributed by atoms with Crippen LogP contribution in [0.4, 0.5) is 4.79 Å². The molecule has 0 atom stereocenters. The number of nitrogens with one attached hydrogen (secondary N) is 1. The summed E-state index contributed by atoms with van der Waals surface area (Å²) in [6, 6.07) is -0.357. The van der Waals surface area contributed by atoms with Crippen LogP contribution in [0.2, 0.25) is 0 Å². The summed E-state index contributed by atoms with van der Waals surface area (Å²) in [6.45, 7) is 7.49. The maximum Gasteiger partial charge on any atom is 0.325 e. The monoisotopic (exact) mass is 285 g/mol. The summed E-state index contributed by atoms with van der Waals surface area (Å²) in [5, 5.41) is 2.64. The summed E-state index contributed by atoms with van der Waals surface area (Å²) < 4.78 is 4.59. The molecule has 0 aromatic carbocycles. The summed E-state index contributed by atoms with van der Waals surface area (Å²) in [7, 11) is 1.36. The average Bonchev–Trinajstić information content (AvgIpc) is 2.59. The van der Waals surface area contributed by atoms with Gasteiger partial charge in [-0.2, -0.15) is 0 Å². The molecule has 0 spiro atoms. The Hall–Kier alpha value is -1.63. The number of hydrogen-bond acceptors (Lipinski definition) is 5. The van der Waals surface area contributed by atoms with Crippen LogP contribution in [0.25, 0.3) is 0 Å². The van der Waals surface area contributed by atoms with Gasteiger partial charge in [0, 0.05) is 19.6 Å². The van der Waals surface area contributed by atoms with E-state index >= 15 is 0 Å². The van der Waals surface area contributed by atoms with Crippen LogP contribution in [0.3, 0.4) is 0 Å². The quantitative estimate of drug-likeness (QED) is 0.534. The molecular weight excluding hydrogens is 262 g/mol. The zero-order chi connectivity index (χ0) is 15.3. The smallest absolute Gasteiger partial charge is 0.325 e. The molecule has 0 aliphatic carbocycles. The van der Waals surface area contributed by atoms with Gasteiger partial charge in [-0.3, -0.25) is 14.5 Å². The fourth-order valence-electron chi connectivity index (χ4n) is 2.04. The Labute approximate surface area is 119 Å². The minimum atomic E-state index is -0.833. The number of methoxy groups -OCH3 is 1. The number of rotatable bonds is 7. The number of carbonyl (C=O) groups excluding carboxylic acids is 3. The van der Waals surface area contributed by atoms with Gasteiger partial charge in [-0.1, -0.05) is 6.92 Å². The Bertz CT molecular complexity index is 395. The molecule has 0 unspecified atom stereocenters. The topological polar surface area (TPSA) is 79.0 Å². The number of esters is 1. The highest BCUT2D eigenvalue weighted by molar-refractivity contribution is 6.06. The molecule has 7 nitrogen and oxygen atoms in total. The van der Waals surface area contributed by atoms with Crippen molar-refractivity contribution in [1.82, 2.24) is 15.1 Å². The zero-order valence-electron chi connectivity index (χ0n) is 12.6. The van der Waals surface area contributed by atoms with Gasteiger partial charge in [-0.25, -0.2) is 4.79 Å².